The van der Waals surface area contributed by atoms with E-state index in [0.29, 0.717) is 12.2 Å². The van der Waals surface area contributed by atoms with E-state index in [-0.39, 0.29) is 16.7 Å². The lowest BCUT2D eigenvalue weighted by Gasteiger charge is -2.16. The highest BCUT2D eigenvalue weighted by Gasteiger charge is 2.36. The van der Waals surface area contributed by atoms with Crippen LogP contribution in [0.4, 0.5) is 5.69 Å². The molecule has 5 heteroatoms. The Morgan fingerprint density at radius 1 is 1.05 bits per heavy atom. The van der Waals surface area contributed by atoms with Crippen molar-refractivity contribution in [3.8, 4) is 12.1 Å². The molecule has 1 amide bonds. The largest absolute Gasteiger partial charge is 0.305 e. The highest BCUT2D eigenvalue weighted by molar-refractivity contribution is 6.52. The number of anilines is 1. The van der Waals surface area contributed by atoms with Gasteiger partial charge < -0.3 is 4.90 Å². The molecule has 1 aromatic rings. The first-order valence-corrected chi connectivity index (χ1v) is 6.98. The summed E-state index contributed by atoms with van der Waals surface area (Å²) in [7, 11) is 0. The summed E-state index contributed by atoms with van der Waals surface area (Å²) in [5, 5.41) is 18.0. The number of ketones is 1. The molecule has 0 aromatic heterocycles. The molecule has 5 nitrogen and oxygen atoms in total. The maximum atomic E-state index is 12.0. The number of carbonyl (C=O) groups excluding carboxylic acids is 2. The first kappa shape index (κ1) is 14.7. The van der Waals surface area contributed by atoms with Crippen LogP contribution in [-0.2, 0) is 4.79 Å². The van der Waals surface area contributed by atoms with E-state index in [0.717, 1.165) is 25.7 Å². The summed E-state index contributed by atoms with van der Waals surface area (Å²) in [6.07, 6.45) is 3.98. The van der Waals surface area contributed by atoms with Crippen molar-refractivity contribution in [3.05, 3.63) is 28.8 Å². The summed E-state index contributed by atoms with van der Waals surface area (Å²) in [5.41, 5.74) is 1.01. The van der Waals surface area contributed by atoms with Crippen molar-refractivity contribution < 1.29 is 9.59 Å². The van der Waals surface area contributed by atoms with Crippen molar-refractivity contribution in [1.82, 2.24) is 0 Å². The Kier molecular flexibility index (Phi) is 4.35. The number of nitrogens with zero attached hydrogens (tertiary/aromatic N) is 3. The van der Waals surface area contributed by atoms with Gasteiger partial charge in [-0.15, -0.1) is 0 Å². The highest BCUT2D eigenvalue weighted by atomic mass is 16.2. The zero-order valence-electron chi connectivity index (χ0n) is 11.8. The van der Waals surface area contributed by atoms with E-state index < -0.39 is 11.7 Å². The molecule has 0 unspecified atom stereocenters. The fourth-order valence-corrected chi connectivity index (χ4v) is 2.44. The number of rotatable bonds is 5. The molecule has 0 bridgehead atoms. The highest BCUT2D eigenvalue weighted by Crippen LogP contribution is 2.31. The molecule has 0 saturated carbocycles. The van der Waals surface area contributed by atoms with Crippen molar-refractivity contribution in [2.24, 2.45) is 0 Å². The van der Waals surface area contributed by atoms with Gasteiger partial charge in [0.1, 0.15) is 12.1 Å². The molecule has 0 radical (unpaired) electrons. The first-order valence-electron chi connectivity index (χ1n) is 6.98. The lowest BCUT2D eigenvalue weighted by atomic mass is 10.0. The predicted molar refractivity (Wildman–Crippen MR) is 76.7 cm³/mol. The molecular formula is C16H15N3O2. The molecule has 0 saturated heterocycles. The van der Waals surface area contributed by atoms with Crippen molar-refractivity contribution in [2.45, 2.75) is 32.6 Å². The molecule has 1 aliphatic heterocycles. The zero-order valence-corrected chi connectivity index (χ0v) is 11.8. The second-order valence-corrected chi connectivity index (χ2v) is 4.99. The van der Waals surface area contributed by atoms with Crippen LogP contribution in [0.3, 0.4) is 0 Å². The molecular weight excluding hydrogens is 266 g/mol. The van der Waals surface area contributed by atoms with E-state index in [1.807, 2.05) is 12.1 Å². The molecule has 2 rings (SSSR count). The number of benzene rings is 1. The Balaban J connectivity index is 2.33. The minimum absolute atomic E-state index is 0.130. The number of hydrogen-bond donors (Lipinski definition) is 0. The fraction of sp³-hybridized carbons (Fsp3) is 0.375. The summed E-state index contributed by atoms with van der Waals surface area (Å²) in [4.78, 5) is 25.4. The number of nitriles is 2. The van der Waals surface area contributed by atoms with Crippen LogP contribution < -0.4 is 4.90 Å². The normalized spacial score (nSPS) is 13.0. The average molecular weight is 281 g/mol. The second-order valence-electron chi connectivity index (χ2n) is 4.99. The molecule has 0 fully saturated rings. The average Bonchev–Trinajstić information content (AvgIpc) is 2.74. The van der Waals surface area contributed by atoms with Crippen LogP contribution in [0.5, 0.6) is 0 Å². The Morgan fingerprint density at radius 2 is 1.71 bits per heavy atom. The molecule has 1 aliphatic rings. The minimum Gasteiger partial charge on any atom is -0.305 e. The van der Waals surface area contributed by atoms with Gasteiger partial charge in [-0.25, -0.2) is 0 Å². The first-order chi connectivity index (χ1) is 10.1. The zero-order chi connectivity index (χ0) is 15.4. The standard InChI is InChI=1S/C16H15N3O2/c1-2-3-4-5-6-19-14-8-12(10-18)11(9-17)7-13(14)15(20)16(19)21/h7-8H,2-6H2,1H3. The second kappa shape index (κ2) is 6.19. The van der Waals surface area contributed by atoms with Gasteiger partial charge in [-0.1, -0.05) is 26.2 Å². The topological polar surface area (TPSA) is 85.0 Å². The van der Waals surface area contributed by atoms with Crippen LogP contribution in [0.2, 0.25) is 0 Å². The maximum absolute atomic E-state index is 12.0. The van der Waals surface area contributed by atoms with Gasteiger partial charge in [0.05, 0.1) is 22.4 Å². The lowest BCUT2D eigenvalue weighted by Crippen LogP contribution is -2.30. The van der Waals surface area contributed by atoms with Crippen molar-refractivity contribution in [2.75, 3.05) is 11.4 Å². The molecule has 0 spiro atoms. The number of Topliss-reactive ketones (excluding diaryl/α,β-unsaturated/α-hetero) is 1. The van der Waals surface area contributed by atoms with E-state index in [1.54, 1.807) is 0 Å². The molecule has 21 heavy (non-hydrogen) atoms. The van der Waals surface area contributed by atoms with Crippen molar-refractivity contribution >= 4 is 17.4 Å². The van der Waals surface area contributed by atoms with Gasteiger partial charge in [0.15, 0.2) is 0 Å². The summed E-state index contributed by atoms with van der Waals surface area (Å²) in [5.74, 6) is -1.16. The van der Waals surface area contributed by atoms with Crippen LogP contribution in [-0.4, -0.2) is 18.2 Å². The Labute approximate surface area is 123 Å². The smallest absolute Gasteiger partial charge is 0.299 e. The Morgan fingerprint density at radius 3 is 2.33 bits per heavy atom. The van der Waals surface area contributed by atoms with Crippen LogP contribution >= 0.6 is 0 Å². The third-order valence-corrected chi connectivity index (χ3v) is 3.59. The number of unbranched alkanes of at least 4 members (excludes halogenated alkanes) is 3. The fourth-order valence-electron chi connectivity index (χ4n) is 2.44. The van der Waals surface area contributed by atoms with E-state index in [4.69, 9.17) is 10.5 Å². The molecule has 1 aromatic carbocycles. The predicted octanol–water partition coefficient (Wildman–Crippen LogP) is 2.54. The van der Waals surface area contributed by atoms with E-state index in [9.17, 15) is 9.59 Å². The van der Waals surface area contributed by atoms with Crippen LogP contribution in [0.1, 0.15) is 54.1 Å². The molecule has 0 aliphatic carbocycles. The SMILES string of the molecule is CCCCCCN1C(=O)C(=O)c2cc(C#N)c(C#N)cc21. The molecule has 0 N–H and O–H groups in total. The third-order valence-electron chi connectivity index (χ3n) is 3.59. The number of amides is 1. The monoisotopic (exact) mass is 281 g/mol. The molecule has 1 heterocycles. The minimum atomic E-state index is -0.596. The number of hydrogen-bond acceptors (Lipinski definition) is 4. The van der Waals surface area contributed by atoms with Crippen LogP contribution in [0.25, 0.3) is 0 Å². The van der Waals surface area contributed by atoms with E-state index in [1.165, 1.54) is 17.0 Å². The van der Waals surface area contributed by atoms with Gasteiger partial charge in [0.2, 0.25) is 0 Å². The summed E-state index contributed by atoms with van der Waals surface area (Å²) >= 11 is 0. The summed E-state index contributed by atoms with van der Waals surface area (Å²) in [6, 6.07) is 6.63. The molecule has 106 valence electrons. The third kappa shape index (κ3) is 2.64. The quantitative estimate of drug-likeness (QED) is 0.613. The summed E-state index contributed by atoms with van der Waals surface area (Å²) in [6.45, 7) is 2.57. The summed E-state index contributed by atoms with van der Waals surface area (Å²) < 4.78 is 0. The van der Waals surface area contributed by atoms with E-state index >= 15 is 0 Å². The van der Waals surface area contributed by atoms with Gasteiger partial charge in [0.25, 0.3) is 11.7 Å². The number of fused-ring (bicyclic) bond motifs is 1. The van der Waals surface area contributed by atoms with Crippen LogP contribution in [0, 0.1) is 22.7 Å². The Bertz CT molecular complexity index is 680. The van der Waals surface area contributed by atoms with Crippen molar-refractivity contribution in [3.63, 3.8) is 0 Å². The lowest BCUT2D eigenvalue weighted by molar-refractivity contribution is -0.114. The van der Waals surface area contributed by atoms with E-state index in [2.05, 4.69) is 6.92 Å². The molecule has 0 atom stereocenters. The van der Waals surface area contributed by atoms with Gasteiger partial charge in [-0.3, -0.25) is 9.59 Å². The van der Waals surface area contributed by atoms with Crippen LogP contribution in [0.15, 0.2) is 12.1 Å². The van der Waals surface area contributed by atoms with Gasteiger partial charge in [-0.05, 0) is 18.6 Å². The van der Waals surface area contributed by atoms with Gasteiger partial charge in [0, 0.05) is 6.54 Å². The Hall–Kier alpha value is -2.66. The number of carbonyl (C=O) groups is 2. The maximum Gasteiger partial charge on any atom is 0.299 e. The van der Waals surface area contributed by atoms with Crippen molar-refractivity contribution in [1.29, 1.82) is 10.5 Å². The van der Waals surface area contributed by atoms with Gasteiger partial charge >= 0.3 is 0 Å². The van der Waals surface area contributed by atoms with Gasteiger partial charge in [-0.2, -0.15) is 10.5 Å².